The fourth-order valence-electron chi connectivity index (χ4n) is 3.27. The van der Waals surface area contributed by atoms with Gasteiger partial charge in [-0.25, -0.2) is 9.18 Å². The lowest BCUT2D eigenvalue weighted by atomic mass is 9.74. The Kier molecular flexibility index (Phi) is 5.98. The SMILES string of the molecule is CN(Cc1ccc(Br)o1)C(=O)NCC1(c2cccc(F)c2)CCOCC1. The van der Waals surface area contributed by atoms with E-state index in [1.165, 1.54) is 6.07 Å². The van der Waals surface area contributed by atoms with E-state index in [1.54, 1.807) is 30.1 Å². The van der Waals surface area contributed by atoms with E-state index < -0.39 is 0 Å². The predicted octanol–water partition coefficient (Wildman–Crippen LogP) is 4.07. The minimum atomic E-state index is -0.315. The summed E-state index contributed by atoms with van der Waals surface area (Å²) in [5.41, 5.74) is 0.587. The summed E-state index contributed by atoms with van der Waals surface area (Å²) >= 11 is 3.25. The van der Waals surface area contributed by atoms with Gasteiger partial charge in [0.05, 0.1) is 6.54 Å². The molecule has 1 aromatic carbocycles. The fraction of sp³-hybridized carbons (Fsp3) is 0.421. The minimum absolute atomic E-state index is 0.195. The van der Waals surface area contributed by atoms with Crippen molar-refractivity contribution in [2.45, 2.75) is 24.8 Å². The van der Waals surface area contributed by atoms with Crippen LogP contribution in [-0.2, 0) is 16.7 Å². The Balaban J connectivity index is 1.66. The van der Waals surface area contributed by atoms with Crippen LogP contribution in [0.2, 0.25) is 0 Å². The Hall–Kier alpha value is -1.86. The number of benzene rings is 1. The van der Waals surface area contributed by atoms with Crippen molar-refractivity contribution in [1.82, 2.24) is 10.2 Å². The Bertz CT molecular complexity index is 759. The lowest BCUT2D eigenvalue weighted by Crippen LogP contribution is -2.47. The smallest absolute Gasteiger partial charge is 0.317 e. The molecule has 0 unspecified atom stereocenters. The van der Waals surface area contributed by atoms with Crippen LogP contribution >= 0.6 is 15.9 Å². The van der Waals surface area contributed by atoms with Gasteiger partial charge in [-0.05, 0) is 58.6 Å². The molecule has 1 aliphatic rings. The highest BCUT2D eigenvalue weighted by Crippen LogP contribution is 2.34. The predicted molar refractivity (Wildman–Crippen MR) is 99.4 cm³/mol. The van der Waals surface area contributed by atoms with Gasteiger partial charge >= 0.3 is 6.03 Å². The summed E-state index contributed by atoms with van der Waals surface area (Å²) in [5.74, 6) is 0.431. The molecule has 7 heteroatoms. The number of hydrogen-bond acceptors (Lipinski definition) is 3. The summed E-state index contributed by atoms with van der Waals surface area (Å²) in [6.07, 6.45) is 1.48. The van der Waals surface area contributed by atoms with Gasteiger partial charge in [0.15, 0.2) is 4.67 Å². The normalized spacial score (nSPS) is 16.3. The lowest BCUT2D eigenvalue weighted by Gasteiger charge is -2.38. The van der Waals surface area contributed by atoms with E-state index in [-0.39, 0.29) is 17.3 Å². The molecule has 5 nitrogen and oxygen atoms in total. The van der Waals surface area contributed by atoms with Crippen molar-refractivity contribution >= 4 is 22.0 Å². The second-order valence-electron chi connectivity index (χ2n) is 6.62. The van der Waals surface area contributed by atoms with Crippen molar-refractivity contribution in [3.8, 4) is 0 Å². The Labute approximate surface area is 160 Å². The number of carbonyl (C=O) groups is 1. The quantitative estimate of drug-likeness (QED) is 0.786. The zero-order chi connectivity index (χ0) is 18.6. The third-order valence-electron chi connectivity index (χ3n) is 4.83. The molecule has 1 N–H and O–H groups in total. The van der Waals surface area contributed by atoms with E-state index in [0.717, 1.165) is 18.4 Å². The zero-order valence-electron chi connectivity index (χ0n) is 14.6. The van der Waals surface area contributed by atoms with Gasteiger partial charge < -0.3 is 19.4 Å². The maximum absolute atomic E-state index is 13.7. The maximum Gasteiger partial charge on any atom is 0.317 e. The molecule has 0 atom stereocenters. The number of amides is 2. The topological polar surface area (TPSA) is 54.7 Å². The van der Waals surface area contributed by atoms with Crippen molar-refractivity contribution < 1.29 is 18.3 Å². The van der Waals surface area contributed by atoms with Crippen LogP contribution in [0.4, 0.5) is 9.18 Å². The summed E-state index contributed by atoms with van der Waals surface area (Å²) in [7, 11) is 1.71. The number of carbonyl (C=O) groups excluding carboxylic acids is 1. The fourth-order valence-corrected chi connectivity index (χ4v) is 3.61. The van der Waals surface area contributed by atoms with Gasteiger partial charge in [0.2, 0.25) is 0 Å². The van der Waals surface area contributed by atoms with Crippen LogP contribution < -0.4 is 5.32 Å². The molecule has 1 aromatic heterocycles. The number of nitrogens with zero attached hydrogens (tertiary/aromatic N) is 1. The van der Waals surface area contributed by atoms with Gasteiger partial charge in [-0.15, -0.1) is 0 Å². The molecule has 2 amide bonds. The van der Waals surface area contributed by atoms with Crippen LogP contribution in [0.1, 0.15) is 24.2 Å². The molecule has 2 aromatic rings. The Morgan fingerprint density at radius 2 is 2.08 bits per heavy atom. The first kappa shape index (κ1) is 18.9. The Morgan fingerprint density at radius 1 is 1.31 bits per heavy atom. The molecule has 0 saturated carbocycles. The van der Waals surface area contributed by atoms with Crippen LogP contribution in [0.15, 0.2) is 45.5 Å². The second-order valence-corrected chi connectivity index (χ2v) is 7.41. The third-order valence-corrected chi connectivity index (χ3v) is 5.26. The molecular weight excluding hydrogens is 403 g/mol. The highest BCUT2D eigenvalue weighted by molar-refractivity contribution is 9.10. The van der Waals surface area contributed by atoms with Gasteiger partial charge in [-0.3, -0.25) is 0 Å². The number of urea groups is 1. The van der Waals surface area contributed by atoms with Crippen molar-refractivity contribution in [1.29, 1.82) is 0 Å². The van der Waals surface area contributed by atoms with E-state index in [4.69, 9.17) is 9.15 Å². The van der Waals surface area contributed by atoms with E-state index in [2.05, 4.69) is 21.2 Å². The summed E-state index contributed by atoms with van der Waals surface area (Å²) in [4.78, 5) is 14.1. The number of hydrogen-bond donors (Lipinski definition) is 1. The maximum atomic E-state index is 13.7. The first-order chi connectivity index (χ1) is 12.5. The van der Waals surface area contributed by atoms with Gasteiger partial charge in [0.25, 0.3) is 0 Å². The average molecular weight is 425 g/mol. The van der Waals surface area contributed by atoms with Gasteiger partial charge in [0, 0.05) is 32.2 Å². The van der Waals surface area contributed by atoms with Crippen LogP contribution in [0.25, 0.3) is 0 Å². The van der Waals surface area contributed by atoms with Crippen molar-refractivity contribution in [2.75, 3.05) is 26.8 Å². The van der Waals surface area contributed by atoms with E-state index in [1.807, 2.05) is 12.1 Å². The van der Waals surface area contributed by atoms with Crippen LogP contribution in [0.3, 0.4) is 0 Å². The summed E-state index contributed by atoms with van der Waals surface area (Å²) in [6.45, 7) is 2.00. The highest BCUT2D eigenvalue weighted by Gasteiger charge is 2.35. The number of furan rings is 1. The second kappa shape index (κ2) is 8.22. The van der Waals surface area contributed by atoms with Crippen molar-refractivity contribution in [3.63, 3.8) is 0 Å². The molecule has 0 spiro atoms. The molecule has 2 heterocycles. The van der Waals surface area contributed by atoms with Gasteiger partial charge in [-0.1, -0.05) is 12.1 Å². The van der Waals surface area contributed by atoms with Crippen LogP contribution in [0.5, 0.6) is 0 Å². The average Bonchev–Trinajstić information content (AvgIpc) is 3.05. The molecule has 3 rings (SSSR count). The molecule has 26 heavy (non-hydrogen) atoms. The standard InChI is InChI=1S/C19H22BrFN2O3/c1-23(12-16-5-6-17(20)26-16)18(24)22-13-19(7-9-25-10-8-19)14-3-2-4-15(21)11-14/h2-6,11H,7-10,12-13H2,1H3,(H,22,24). The van der Waals surface area contributed by atoms with Crippen molar-refractivity contribution in [2.24, 2.45) is 0 Å². The number of ether oxygens (including phenoxy) is 1. The van der Waals surface area contributed by atoms with Crippen molar-refractivity contribution in [3.05, 3.63) is 58.2 Å². The number of halogens is 2. The number of nitrogens with one attached hydrogen (secondary N) is 1. The lowest BCUT2D eigenvalue weighted by molar-refractivity contribution is 0.0501. The molecule has 140 valence electrons. The minimum Gasteiger partial charge on any atom is -0.452 e. The van der Waals surface area contributed by atoms with E-state index in [9.17, 15) is 9.18 Å². The number of rotatable bonds is 5. The zero-order valence-corrected chi connectivity index (χ0v) is 16.2. The first-order valence-electron chi connectivity index (χ1n) is 8.55. The van der Waals surface area contributed by atoms with E-state index in [0.29, 0.717) is 36.7 Å². The monoisotopic (exact) mass is 424 g/mol. The molecule has 1 saturated heterocycles. The molecule has 1 aliphatic heterocycles. The van der Waals surface area contributed by atoms with Crippen LogP contribution in [0, 0.1) is 5.82 Å². The molecular formula is C19H22BrFN2O3. The summed E-state index contributed by atoms with van der Waals surface area (Å²) in [5, 5.41) is 2.99. The highest BCUT2D eigenvalue weighted by atomic mass is 79.9. The van der Waals surface area contributed by atoms with Crippen LogP contribution in [-0.4, -0.2) is 37.7 Å². The molecule has 0 aliphatic carbocycles. The molecule has 0 radical (unpaired) electrons. The molecule has 0 bridgehead atoms. The van der Waals surface area contributed by atoms with E-state index >= 15 is 0 Å². The summed E-state index contributed by atoms with van der Waals surface area (Å²) < 4.78 is 25.3. The largest absolute Gasteiger partial charge is 0.452 e. The van der Waals surface area contributed by atoms with Gasteiger partial charge in [0.1, 0.15) is 11.6 Å². The van der Waals surface area contributed by atoms with Gasteiger partial charge in [-0.2, -0.15) is 0 Å². The first-order valence-corrected chi connectivity index (χ1v) is 9.35. The Morgan fingerprint density at radius 3 is 2.73 bits per heavy atom. The molecule has 1 fully saturated rings. The summed E-state index contributed by atoms with van der Waals surface area (Å²) in [6, 6.07) is 10.0. The third kappa shape index (κ3) is 4.45.